The summed E-state index contributed by atoms with van der Waals surface area (Å²) >= 11 is 9.22. The molecule has 7 nitrogen and oxygen atoms in total. The minimum absolute atomic E-state index is 0.204. The van der Waals surface area contributed by atoms with Crippen LogP contribution >= 0.6 is 27.5 Å². The van der Waals surface area contributed by atoms with Crippen molar-refractivity contribution in [2.24, 2.45) is 5.10 Å². The number of nitrogens with zero attached hydrogens (tertiary/aromatic N) is 1. The lowest BCUT2D eigenvalue weighted by Gasteiger charge is -2.12. The molecule has 0 aliphatic carbocycles. The van der Waals surface area contributed by atoms with Gasteiger partial charge in [-0.3, -0.25) is 9.59 Å². The SMILES string of the molecule is CCOc1cc(C=NNC(=O)CNC(=O)c2cccc(Br)c2)ccc1OCc1ccc(Cl)cc1. The highest BCUT2D eigenvalue weighted by molar-refractivity contribution is 9.10. The highest BCUT2D eigenvalue weighted by atomic mass is 79.9. The number of carbonyl (C=O) groups is 2. The normalized spacial score (nSPS) is 10.7. The van der Waals surface area contributed by atoms with E-state index in [-0.39, 0.29) is 12.5 Å². The number of ether oxygens (including phenoxy) is 2. The predicted octanol–water partition coefficient (Wildman–Crippen LogP) is 4.96. The number of nitrogens with one attached hydrogen (secondary N) is 2. The van der Waals surface area contributed by atoms with Crippen molar-refractivity contribution in [2.75, 3.05) is 13.2 Å². The van der Waals surface area contributed by atoms with Crippen LogP contribution in [-0.4, -0.2) is 31.2 Å². The van der Waals surface area contributed by atoms with Gasteiger partial charge in [0.05, 0.1) is 19.4 Å². The highest BCUT2D eigenvalue weighted by Gasteiger charge is 2.09. The van der Waals surface area contributed by atoms with Crippen molar-refractivity contribution in [1.29, 1.82) is 0 Å². The van der Waals surface area contributed by atoms with Gasteiger partial charge in [0, 0.05) is 15.1 Å². The third kappa shape index (κ3) is 7.90. The van der Waals surface area contributed by atoms with Gasteiger partial charge in [-0.15, -0.1) is 0 Å². The number of carbonyl (C=O) groups excluding carboxylic acids is 2. The molecule has 3 rings (SSSR count). The van der Waals surface area contributed by atoms with Crippen molar-refractivity contribution in [1.82, 2.24) is 10.7 Å². The van der Waals surface area contributed by atoms with Crippen molar-refractivity contribution in [3.05, 3.63) is 92.9 Å². The van der Waals surface area contributed by atoms with Crippen LogP contribution in [0.3, 0.4) is 0 Å². The molecular weight excluding hydrogens is 522 g/mol. The molecule has 0 bridgehead atoms. The van der Waals surface area contributed by atoms with E-state index < -0.39 is 5.91 Å². The van der Waals surface area contributed by atoms with Crippen LogP contribution in [0.15, 0.2) is 76.3 Å². The van der Waals surface area contributed by atoms with Crippen molar-refractivity contribution >= 4 is 45.6 Å². The third-order valence-electron chi connectivity index (χ3n) is 4.47. The topological polar surface area (TPSA) is 89.0 Å². The molecule has 176 valence electrons. The number of rotatable bonds is 10. The number of hydrazone groups is 1. The summed E-state index contributed by atoms with van der Waals surface area (Å²) in [6, 6.07) is 19.6. The Labute approximate surface area is 211 Å². The quantitative estimate of drug-likeness (QED) is 0.279. The van der Waals surface area contributed by atoms with Crippen molar-refractivity contribution in [3.8, 4) is 11.5 Å². The zero-order chi connectivity index (χ0) is 24.3. The Kier molecular flexibility index (Phi) is 9.49. The first kappa shape index (κ1) is 25.3. The summed E-state index contributed by atoms with van der Waals surface area (Å²) in [7, 11) is 0. The first-order valence-electron chi connectivity index (χ1n) is 10.4. The minimum atomic E-state index is -0.451. The second-order valence-electron chi connectivity index (χ2n) is 7.04. The average molecular weight is 545 g/mol. The smallest absolute Gasteiger partial charge is 0.259 e. The minimum Gasteiger partial charge on any atom is -0.490 e. The Balaban J connectivity index is 1.53. The van der Waals surface area contributed by atoms with Crippen LogP contribution in [0.1, 0.15) is 28.4 Å². The molecular formula is C25H23BrClN3O4. The van der Waals surface area contributed by atoms with Gasteiger partial charge in [-0.1, -0.05) is 45.7 Å². The van der Waals surface area contributed by atoms with Crippen molar-refractivity contribution in [2.45, 2.75) is 13.5 Å². The lowest BCUT2D eigenvalue weighted by atomic mass is 10.2. The van der Waals surface area contributed by atoms with Crippen LogP contribution in [-0.2, 0) is 11.4 Å². The first-order chi connectivity index (χ1) is 16.4. The van der Waals surface area contributed by atoms with Crippen LogP contribution in [0, 0.1) is 0 Å². The molecule has 0 unspecified atom stereocenters. The summed E-state index contributed by atoms with van der Waals surface area (Å²) in [4.78, 5) is 24.1. The lowest BCUT2D eigenvalue weighted by molar-refractivity contribution is -0.120. The molecule has 0 heterocycles. The van der Waals surface area contributed by atoms with Gasteiger partial charge in [0.15, 0.2) is 11.5 Å². The highest BCUT2D eigenvalue weighted by Crippen LogP contribution is 2.29. The Morgan fingerprint density at radius 1 is 1.03 bits per heavy atom. The molecule has 0 spiro atoms. The summed E-state index contributed by atoms with van der Waals surface area (Å²) in [5.41, 5.74) is 4.53. The molecule has 0 saturated heterocycles. The molecule has 0 fully saturated rings. The molecule has 0 aliphatic heterocycles. The zero-order valence-electron chi connectivity index (χ0n) is 18.4. The molecule has 0 aromatic heterocycles. The molecule has 2 N–H and O–H groups in total. The van der Waals surface area contributed by atoms with Gasteiger partial charge in [-0.05, 0) is 66.6 Å². The van der Waals surface area contributed by atoms with E-state index in [1.807, 2.05) is 37.3 Å². The molecule has 3 aromatic carbocycles. The predicted molar refractivity (Wildman–Crippen MR) is 136 cm³/mol. The number of hydrogen-bond donors (Lipinski definition) is 2. The molecule has 34 heavy (non-hydrogen) atoms. The molecule has 0 atom stereocenters. The van der Waals surface area contributed by atoms with Crippen LogP contribution in [0.5, 0.6) is 11.5 Å². The maximum Gasteiger partial charge on any atom is 0.259 e. The summed E-state index contributed by atoms with van der Waals surface area (Å²) in [6.45, 7) is 2.51. The van der Waals surface area contributed by atoms with Gasteiger partial charge in [-0.2, -0.15) is 5.10 Å². The van der Waals surface area contributed by atoms with E-state index in [2.05, 4.69) is 31.8 Å². The van der Waals surface area contributed by atoms with E-state index in [9.17, 15) is 9.59 Å². The van der Waals surface area contributed by atoms with Crippen molar-refractivity contribution in [3.63, 3.8) is 0 Å². The molecule has 9 heteroatoms. The van der Waals surface area contributed by atoms with E-state index in [1.165, 1.54) is 6.21 Å². The fraction of sp³-hybridized carbons (Fsp3) is 0.160. The van der Waals surface area contributed by atoms with Gasteiger partial charge in [0.25, 0.3) is 11.8 Å². The maximum atomic E-state index is 12.1. The largest absolute Gasteiger partial charge is 0.490 e. The summed E-state index contributed by atoms with van der Waals surface area (Å²) in [5.74, 6) is 0.352. The molecule has 0 saturated carbocycles. The van der Waals surface area contributed by atoms with Crippen LogP contribution < -0.4 is 20.2 Å². The van der Waals surface area contributed by atoms with Gasteiger partial charge in [0.1, 0.15) is 6.61 Å². The van der Waals surface area contributed by atoms with Gasteiger partial charge in [-0.25, -0.2) is 5.43 Å². The van der Waals surface area contributed by atoms with E-state index in [1.54, 1.807) is 36.4 Å². The average Bonchev–Trinajstić information content (AvgIpc) is 2.83. The Hall–Kier alpha value is -3.36. The van der Waals surface area contributed by atoms with E-state index in [0.717, 1.165) is 10.0 Å². The van der Waals surface area contributed by atoms with E-state index in [0.29, 0.717) is 40.9 Å². The zero-order valence-corrected chi connectivity index (χ0v) is 20.7. The summed E-state index contributed by atoms with van der Waals surface area (Å²) in [5, 5.41) is 7.16. The number of amides is 2. The van der Waals surface area contributed by atoms with Crippen molar-refractivity contribution < 1.29 is 19.1 Å². The fourth-order valence-electron chi connectivity index (χ4n) is 2.84. The van der Waals surface area contributed by atoms with Gasteiger partial charge < -0.3 is 14.8 Å². The van der Waals surface area contributed by atoms with Gasteiger partial charge in [0.2, 0.25) is 0 Å². The summed E-state index contributed by atoms with van der Waals surface area (Å²) in [6.07, 6.45) is 1.49. The monoisotopic (exact) mass is 543 g/mol. The number of halogens is 2. The lowest BCUT2D eigenvalue weighted by Crippen LogP contribution is -2.34. The maximum absolute atomic E-state index is 12.1. The third-order valence-corrected chi connectivity index (χ3v) is 5.22. The van der Waals surface area contributed by atoms with Crippen LogP contribution in [0.25, 0.3) is 0 Å². The first-order valence-corrected chi connectivity index (χ1v) is 11.6. The second-order valence-corrected chi connectivity index (χ2v) is 8.39. The Morgan fingerprint density at radius 2 is 1.82 bits per heavy atom. The number of benzene rings is 3. The van der Waals surface area contributed by atoms with E-state index in [4.69, 9.17) is 21.1 Å². The molecule has 0 radical (unpaired) electrons. The fourth-order valence-corrected chi connectivity index (χ4v) is 3.37. The molecule has 0 aliphatic rings. The molecule has 3 aromatic rings. The summed E-state index contributed by atoms with van der Waals surface area (Å²) < 4.78 is 12.3. The Morgan fingerprint density at radius 3 is 2.56 bits per heavy atom. The van der Waals surface area contributed by atoms with Crippen LogP contribution in [0.4, 0.5) is 0 Å². The Bertz CT molecular complexity index is 1170. The van der Waals surface area contributed by atoms with Crippen LogP contribution in [0.2, 0.25) is 5.02 Å². The second kappa shape index (κ2) is 12.8. The van der Waals surface area contributed by atoms with Gasteiger partial charge >= 0.3 is 0 Å². The van der Waals surface area contributed by atoms with E-state index >= 15 is 0 Å². The molecule has 2 amide bonds. The number of hydrogen-bond acceptors (Lipinski definition) is 5. The standard InChI is InChI=1S/C25H23BrClN3O4/c1-2-33-23-12-18(8-11-22(23)34-16-17-6-9-21(27)10-7-17)14-29-30-24(31)15-28-25(32)19-4-3-5-20(26)13-19/h3-14H,2,15-16H2,1H3,(H,28,32)(H,30,31).